The van der Waals surface area contributed by atoms with Gasteiger partial charge in [0.1, 0.15) is 12.4 Å². The van der Waals surface area contributed by atoms with E-state index in [1.807, 2.05) is 0 Å². The predicted octanol–water partition coefficient (Wildman–Crippen LogP) is 2.97. The van der Waals surface area contributed by atoms with Crippen molar-refractivity contribution in [3.8, 4) is 5.75 Å². The van der Waals surface area contributed by atoms with Gasteiger partial charge in [-0.25, -0.2) is 4.99 Å². The number of hydrogen-bond donors (Lipinski definition) is 1. The lowest BCUT2D eigenvalue weighted by Crippen LogP contribution is -2.39. The minimum absolute atomic E-state index is 0.707. The van der Waals surface area contributed by atoms with Gasteiger partial charge in [-0.15, -0.1) is 0 Å². The van der Waals surface area contributed by atoms with Crippen LogP contribution in [-0.4, -0.2) is 61.6 Å². The molecule has 1 aromatic carbocycles. The molecule has 1 aromatic rings. The maximum Gasteiger partial charge on any atom is 0.194 e. The van der Waals surface area contributed by atoms with Gasteiger partial charge in [-0.05, 0) is 50.6 Å². The van der Waals surface area contributed by atoms with Gasteiger partial charge >= 0.3 is 0 Å². The highest BCUT2D eigenvalue weighted by molar-refractivity contribution is 5.80. The first-order chi connectivity index (χ1) is 12.3. The topological polar surface area (TPSA) is 40.1 Å². The minimum atomic E-state index is 0.707. The number of rotatable bonds is 9. The predicted molar refractivity (Wildman–Crippen MR) is 105 cm³/mol. The molecule has 0 unspecified atom stereocenters. The number of nitrogens with zero attached hydrogens (tertiary/aromatic N) is 3. The third-order valence-electron chi connectivity index (χ3n) is 4.65. The average molecular weight is 347 g/mol. The first kappa shape index (κ1) is 19.6. The molecule has 0 amide bonds. The third kappa shape index (κ3) is 6.58. The van der Waals surface area contributed by atoms with Crippen molar-refractivity contribution < 1.29 is 4.74 Å². The molecule has 0 saturated carbocycles. The molecule has 0 radical (unpaired) electrons. The number of likely N-dealkylation sites (tertiary alicyclic amines) is 1. The Balaban J connectivity index is 1.83. The molecular weight excluding hydrogens is 312 g/mol. The number of nitrogens with one attached hydrogen (secondary N) is 1. The van der Waals surface area contributed by atoms with E-state index in [1.54, 1.807) is 0 Å². The van der Waals surface area contributed by atoms with Crippen molar-refractivity contribution >= 4 is 5.96 Å². The van der Waals surface area contributed by atoms with Crippen molar-refractivity contribution in [2.45, 2.75) is 40.2 Å². The van der Waals surface area contributed by atoms with Crippen LogP contribution in [0, 0.1) is 0 Å². The van der Waals surface area contributed by atoms with E-state index in [2.05, 4.69) is 60.2 Å². The van der Waals surface area contributed by atoms with Gasteiger partial charge in [0.15, 0.2) is 5.96 Å². The molecule has 0 spiro atoms. The summed E-state index contributed by atoms with van der Waals surface area (Å²) in [6.45, 7) is 14.2. The van der Waals surface area contributed by atoms with E-state index in [4.69, 9.17) is 9.73 Å². The molecule has 140 valence electrons. The first-order valence-electron chi connectivity index (χ1n) is 9.74. The highest BCUT2D eigenvalue weighted by Gasteiger charge is 2.15. The molecule has 5 heteroatoms. The molecule has 0 atom stereocenters. The van der Waals surface area contributed by atoms with Crippen molar-refractivity contribution in [3.05, 3.63) is 29.8 Å². The summed E-state index contributed by atoms with van der Waals surface area (Å²) in [7, 11) is 0. The smallest absolute Gasteiger partial charge is 0.194 e. The summed E-state index contributed by atoms with van der Waals surface area (Å²) >= 11 is 0. The Kier molecular flexibility index (Phi) is 8.60. The molecule has 5 nitrogen and oxygen atoms in total. The summed E-state index contributed by atoms with van der Waals surface area (Å²) in [5, 5.41) is 3.40. The molecule has 0 aromatic heterocycles. The van der Waals surface area contributed by atoms with Gasteiger partial charge in [0.2, 0.25) is 0 Å². The van der Waals surface area contributed by atoms with Crippen molar-refractivity contribution in [1.29, 1.82) is 0 Å². The molecule has 25 heavy (non-hydrogen) atoms. The lowest BCUT2D eigenvalue weighted by atomic mass is 10.2. The number of hydrogen-bond acceptors (Lipinski definition) is 3. The van der Waals surface area contributed by atoms with Crippen molar-refractivity contribution in [1.82, 2.24) is 15.1 Å². The molecule has 1 aliphatic rings. The zero-order valence-corrected chi connectivity index (χ0v) is 16.1. The minimum Gasteiger partial charge on any atom is -0.492 e. The molecule has 1 N–H and O–H groups in total. The number of benzene rings is 1. The second-order valence-electron chi connectivity index (χ2n) is 6.38. The van der Waals surface area contributed by atoms with Crippen LogP contribution < -0.4 is 10.1 Å². The van der Waals surface area contributed by atoms with Gasteiger partial charge in [-0.1, -0.05) is 26.0 Å². The van der Waals surface area contributed by atoms with Crippen molar-refractivity contribution in [2.75, 3.05) is 45.9 Å². The number of aliphatic imine (C=N–C) groups is 1. The molecule has 1 fully saturated rings. The second kappa shape index (κ2) is 11.0. The monoisotopic (exact) mass is 346 g/mol. The molecular formula is C20H34N4O. The van der Waals surface area contributed by atoms with E-state index in [9.17, 15) is 0 Å². The van der Waals surface area contributed by atoms with Gasteiger partial charge < -0.3 is 19.9 Å². The van der Waals surface area contributed by atoms with Gasteiger partial charge in [-0.3, -0.25) is 0 Å². The molecule has 0 aliphatic carbocycles. The van der Waals surface area contributed by atoms with Crippen LogP contribution >= 0.6 is 0 Å². The maximum atomic E-state index is 5.84. The van der Waals surface area contributed by atoms with E-state index in [-0.39, 0.29) is 0 Å². The Hall–Kier alpha value is -1.75. The number of guanidine groups is 1. The summed E-state index contributed by atoms with van der Waals surface area (Å²) < 4.78 is 5.84. The lowest BCUT2D eigenvalue weighted by molar-refractivity contribution is 0.223. The highest BCUT2D eigenvalue weighted by Crippen LogP contribution is 2.14. The van der Waals surface area contributed by atoms with Gasteiger partial charge in [0.05, 0.1) is 6.54 Å². The summed E-state index contributed by atoms with van der Waals surface area (Å²) in [5.74, 6) is 1.98. The second-order valence-corrected chi connectivity index (χ2v) is 6.38. The van der Waals surface area contributed by atoms with Gasteiger partial charge in [0, 0.05) is 26.2 Å². The Morgan fingerprint density at radius 2 is 1.80 bits per heavy atom. The summed E-state index contributed by atoms with van der Waals surface area (Å²) in [6.07, 6.45) is 2.54. The molecule has 0 bridgehead atoms. The van der Waals surface area contributed by atoms with E-state index < -0.39 is 0 Å². The number of likely N-dealkylation sites (N-methyl/N-ethyl adjacent to an activating group) is 1. The van der Waals surface area contributed by atoms with Crippen molar-refractivity contribution in [2.24, 2.45) is 4.99 Å². The Morgan fingerprint density at radius 3 is 2.40 bits per heavy atom. The fourth-order valence-corrected chi connectivity index (χ4v) is 3.04. The largest absolute Gasteiger partial charge is 0.492 e. The van der Waals surface area contributed by atoms with Crippen LogP contribution in [0.4, 0.5) is 0 Å². The summed E-state index contributed by atoms with van der Waals surface area (Å²) in [4.78, 5) is 9.51. The Morgan fingerprint density at radius 1 is 1.12 bits per heavy atom. The standard InChI is InChI=1S/C20H34N4O/c1-4-21-20(24-13-7-8-14-24)22-17-18-9-11-19(12-10-18)25-16-15-23(5-2)6-3/h9-12H,4-8,13-17H2,1-3H3,(H,21,22). The zero-order chi connectivity index (χ0) is 17.9. The molecule has 1 saturated heterocycles. The Bertz CT molecular complexity index is 505. The van der Waals surface area contributed by atoms with Crippen molar-refractivity contribution in [3.63, 3.8) is 0 Å². The van der Waals surface area contributed by atoms with E-state index >= 15 is 0 Å². The van der Waals surface area contributed by atoms with E-state index in [0.29, 0.717) is 6.54 Å². The first-order valence-corrected chi connectivity index (χ1v) is 9.74. The summed E-state index contributed by atoms with van der Waals surface area (Å²) in [6, 6.07) is 8.33. The van der Waals surface area contributed by atoms with Crippen LogP contribution in [0.5, 0.6) is 5.75 Å². The van der Waals surface area contributed by atoms with Crippen LogP contribution in [0.25, 0.3) is 0 Å². The quantitative estimate of drug-likeness (QED) is 0.551. The summed E-state index contributed by atoms with van der Waals surface area (Å²) in [5.41, 5.74) is 1.21. The van der Waals surface area contributed by atoms with Gasteiger partial charge in [-0.2, -0.15) is 0 Å². The fourth-order valence-electron chi connectivity index (χ4n) is 3.04. The van der Waals surface area contributed by atoms with Crippen LogP contribution in [-0.2, 0) is 6.54 Å². The Labute approximate surface area is 153 Å². The lowest BCUT2D eigenvalue weighted by Gasteiger charge is -2.20. The van der Waals surface area contributed by atoms with E-state index in [1.165, 1.54) is 18.4 Å². The SMILES string of the molecule is CCNC(=NCc1ccc(OCCN(CC)CC)cc1)N1CCCC1. The van der Waals surface area contributed by atoms with Crippen LogP contribution in [0.2, 0.25) is 0 Å². The van der Waals surface area contributed by atoms with Gasteiger partial charge in [0.25, 0.3) is 0 Å². The maximum absolute atomic E-state index is 5.84. The molecule has 1 heterocycles. The number of ether oxygens (including phenoxy) is 1. The third-order valence-corrected chi connectivity index (χ3v) is 4.65. The molecule has 2 rings (SSSR count). The fraction of sp³-hybridized carbons (Fsp3) is 0.650. The van der Waals surface area contributed by atoms with Crippen LogP contribution in [0.3, 0.4) is 0 Å². The average Bonchev–Trinajstić information content (AvgIpc) is 3.18. The zero-order valence-electron chi connectivity index (χ0n) is 16.1. The van der Waals surface area contributed by atoms with E-state index in [0.717, 1.165) is 57.6 Å². The van der Waals surface area contributed by atoms with Crippen LogP contribution in [0.15, 0.2) is 29.3 Å². The van der Waals surface area contributed by atoms with Crippen LogP contribution in [0.1, 0.15) is 39.2 Å². The normalized spacial score (nSPS) is 15.0. The highest BCUT2D eigenvalue weighted by atomic mass is 16.5. The molecule has 1 aliphatic heterocycles.